The van der Waals surface area contributed by atoms with E-state index in [4.69, 9.17) is 4.42 Å². The minimum absolute atomic E-state index is 0.00421. The first kappa shape index (κ1) is 14.6. The average Bonchev–Trinajstić information content (AvgIpc) is 2.78. The summed E-state index contributed by atoms with van der Waals surface area (Å²) in [6.45, 7) is 2.49. The highest BCUT2D eigenvalue weighted by Crippen LogP contribution is 2.29. The molecule has 0 radical (unpaired) electrons. The molecule has 19 heavy (non-hydrogen) atoms. The average molecular weight is 286 g/mol. The molecule has 2 N–H and O–H groups in total. The van der Waals surface area contributed by atoms with Gasteiger partial charge in [0.05, 0.1) is 6.54 Å². The van der Waals surface area contributed by atoms with Crippen LogP contribution in [0.1, 0.15) is 44.8 Å². The van der Waals surface area contributed by atoms with Gasteiger partial charge in [0.2, 0.25) is 5.09 Å². The van der Waals surface area contributed by atoms with E-state index in [-0.39, 0.29) is 10.6 Å². The van der Waals surface area contributed by atoms with Gasteiger partial charge in [-0.2, -0.15) is 0 Å². The number of furan rings is 1. The largest absolute Gasteiger partial charge is 0.447 e. The SMILES string of the molecule is CNCc1ccc(S(=O)(=O)NC2(C)CCCCC2)o1. The molecular weight excluding hydrogens is 264 g/mol. The zero-order valence-electron chi connectivity index (χ0n) is 11.5. The fourth-order valence-corrected chi connectivity index (χ4v) is 4.00. The highest BCUT2D eigenvalue weighted by Gasteiger charge is 2.33. The topological polar surface area (TPSA) is 71.3 Å². The van der Waals surface area contributed by atoms with Gasteiger partial charge < -0.3 is 9.73 Å². The van der Waals surface area contributed by atoms with Crippen molar-refractivity contribution >= 4 is 10.0 Å². The Bertz CT molecular complexity index is 516. The van der Waals surface area contributed by atoms with Gasteiger partial charge in [-0.1, -0.05) is 19.3 Å². The fraction of sp³-hybridized carbons (Fsp3) is 0.692. The van der Waals surface area contributed by atoms with Crippen molar-refractivity contribution in [2.24, 2.45) is 0 Å². The van der Waals surface area contributed by atoms with Crippen LogP contribution in [0.25, 0.3) is 0 Å². The van der Waals surface area contributed by atoms with Crippen LogP contribution in [0, 0.1) is 0 Å². The van der Waals surface area contributed by atoms with Gasteiger partial charge in [-0.3, -0.25) is 0 Å². The molecule has 1 aromatic heterocycles. The van der Waals surface area contributed by atoms with Crippen LogP contribution >= 0.6 is 0 Å². The van der Waals surface area contributed by atoms with Crippen LogP contribution in [0.5, 0.6) is 0 Å². The van der Waals surface area contributed by atoms with Crippen molar-refractivity contribution in [1.82, 2.24) is 10.0 Å². The number of rotatable bonds is 5. The Balaban J connectivity index is 2.12. The lowest BCUT2D eigenvalue weighted by Gasteiger charge is -2.33. The quantitative estimate of drug-likeness (QED) is 0.868. The van der Waals surface area contributed by atoms with E-state index in [1.54, 1.807) is 13.1 Å². The van der Waals surface area contributed by atoms with Gasteiger partial charge in [0, 0.05) is 5.54 Å². The molecule has 0 atom stereocenters. The van der Waals surface area contributed by atoms with Gasteiger partial charge in [0.15, 0.2) is 0 Å². The van der Waals surface area contributed by atoms with E-state index >= 15 is 0 Å². The summed E-state index contributed by atoms with van der Waals surface area (Å²) >= 11 is 0. The third-order valence-corrected chi connectivity index (χ3v) is 5.10. The Kier molecular flexibility index (Phi) is 4.32. The molecule has 0 amide bonds. The molecule has 1 saturated carbocycles. The first-order valence-electron chi connectivity index (χ1n) is 6.72. The molecule has 0 aliphatic heterocycles. The summed E-state index contributed by atoms with van der Waals surface area (Å²) in [5.41, 5.74) is -0.340. The van der Waals surface area contributed by atoms with Gasteiger partial charge in [0.25, 0.3) is 10.0 Å². The lowest BCUT2D eigenvalue weighted by Crippen LogP contribution is -2.46. The first-order valence-corrected chi connectivity index (χ1v) is 8.21. The highest BCUT2D eigenvalue weighted by molar-refractivity contribution is 7.89. The van der Waals surface area contributed by atoms with Crippen LogP contribution in [0.4, 0.5) is 0 Å². The summed E-state index contributed by atoms with van der Waals surface area (Å²) in [6, 6.07) is 3.20. The first-order chi connectivity index (χ1) is 8.95. The van der Waals surface area contributed by atoms with Crippen molar-refractivity contribution in [3.05, 3.63) is 17.9 Å². The summed E-state index contributed by atoms with van der Waals surface area (Å²) < 4.78 is 32.8. The minimum atomic E-state index is -3.56. The van der Waals surface area contributed by atoms with Crippen LogP contribution in [0.15, 0.2) is 21.6 Å². The lowest BCUT2D eigenvalue weighted by molar-refractivity contribution is 0.290. The lowest BCUT2D eigenvalue weighted by atomic mass is 9.84. The van der Waals surface area contributed by atoms with E-state index in [1.807, 2.05) is 6.92 Å². The molecule has 2 rings (SSSR count). The van der Waals surface area contributed by atoms with E-state index in [1.165, 1.54) is 12.5 Å². The molecule has 108 valence electrons. The van der Waals surface area contributed by atoms with Gasteiger partial charge in [0.1, 0.15) is 5.76 Å². The predicted octanol–water partition coefficient (Wildman–Crippen LogP) is 2.00. The molecular formula is C13H22N2O3S. The summed E-state index contributed by atoms with van der Waals surface area (Å²) in [5.74, 6) is 0.622. The zero-order valence-corrected chi connectivity index (χ0v) is 12.3. The van der Waals surface area contributed by atoms with E-state index in [9.17, 15) is 8.42 Å². The van der Waals surface area contributed by atoms with Gasteiger partial charge >= 0.3 is 0 Å². The van der Waals surface area contributed by atoms with Crippen LogP contribution < -0.4 is 10.0 Å². The van der Waals surface area contributed by atoms with Crippen molar-refractivity contribution in [1.29, 1.82) is 0 Å². The molecule has 0 aromatic carbocycles. The molecule has 0 bridgehead atoms. The van der Waals surface area contributed by atoms with E-state index in [2.05, 4.69) is 10.0 Å². The monoisotopic (exact) mass is 286 g/mol. The van der Waals surface area contributed by atoms with Crippen LogP contribution in [0.3, 0.4) is 0 Å². The highest BCUT2D eigenvalue weighted by atomic mass is 32.2. The molecule has 0 spiro atoms. The second-order valence-electron chi connectivity index (χ2n) is 5.48. The molecule has 1 aromatic rings. The summed E-state index contributed by atoms with van der Waals surface area (Å²) in [4.78, 5) is 0. The Morgan fingerprint density at radius 2 is 1.95 bits per heavy atom. The van der Waals surface area contributed by atoms with E-state index in [0.29, 0.717) is 12.3 Å². The fourth-order valence-electron chi connectivity index (χ4n) is 2.58. The number of hydrogen-bond acceptors (Lipinski definition) is 4. The minimum Gasteiger partial charge on any atom is -0.447 e. The van der Waals surface area contributed by atoms with Gasteiger partial charge in [-0.15, -0.1) is 0 Å². The van der Waals surface area contributed by atoms with Crippen molar-refractivity contribution in [2.45, 2.75) is 56.2 Å². The molecule has 1 fully saturated rings. The molecule has 1 aliphatic rings. The number of nitrogens with one attached hydrogen (secondary N) is 2. The summed E-state index contributed by atoms with van der Waals surface area (Å²) in [7, 11) is -1.77. The second kappa shape index (κ2) is 5.64. The zero-order chi connectivity index (χ0) is 13.9. The summed E-state index contributed by atoms with van der Waals surface area (Å²) in [5, 5.41) is 2.93. The van der Waals surface area contributed by atoms with Gasteiger partial charge in [-0.05, 0) is 38.9 Å². The van der Waals surface area contributed by atoms with Crippen molar-refractivity contribution in [3.63, 3.8) is 0 Å². The van der Waals surface area contributed by atoms with Crippen LogP contribution in [-0.4, -0.2) is 21.0 Å². The molecule has 1 heterocycles. The van der Waals surface area contributed by atoms with Gasteiger partial charge in [-0.25, -0.2) is 13.1 Å². The third-order valence-electron chi connectivity index (χ3n) is 3.59. The normalized spacial score (nSPS) is 19.5. The van der Waals surface area contributed by atoms with E-state index < -0.39 is 10.0 Å². The molecule has 6 heteroatoms. The standard InChI is InChI=1S/C13H22N2O3S/c1-13(8-4-3-5-9-13)15-19(16,17)12-7-6-11(18-12)10-14-2/h6-7,14-15H,3-5,8-10H2,1-2H3. The summed E-state index contributed by atoms with van der Waals surface area (Å²) in [6.07, 6.45) is 5.10. The molecule has 0 unspecified atom stereocenters. The predicted molar refractivity (Wildman–Crippen MR) is 73.3 cm³/mol. The van der Waals surface area contributed by atoms with E-state index in [0.717, 1.165) is 25.7 Å². The molecule has 0 saturated heterocycles. The Morgan fingerprint density at radius 3 is 2.58 bits per heavy atom. The molecule has 1 aliphatic carbocycles. The number of sulfonamides is 1. The Labute approximate surface area is 114 Å². The maximum absolute atomic E-state index is 12.3. The molecule has 5 nitrogen and oxygen atoms in total. The smallest absolute Gasteiger partial charge is 0.274 e. The van der Waals surface area contributed by atoms with Crippen molar-refractivity contribution < 1.29 is 12.8 Å². The van der Waals surface area contributed by atoms with Crippen LogP contribution in [-0.2, 0) is 16.6 Å². The number of hydrogen-bond donors (Lipinski definition) is 2. The Hall–Kier alpha value is -0.850. The Morgan fingerprint density at radius 1 is 1.26 bits per heavy atom. The maximum Gasteiger partial charge on any atom is 0.274 e. The van der Waals surface area contributed by atoms with Crippen molar-refractivity contribution in [3.8, 4) is 0 Å². The third kappa shape index (κ3) is 3.58. The van der Waals surface area contributed by atoms with Crippen LogP contribution in [0.2, 0.25) is 0 Å². The van der Waals surface area contributed by atoms with Crippen molar-refractivity contribution in [2.75, 3.05) is 7.05 Å². The second-order valence-corrected chi connectivity index (χ2v) is 7.09. The maximum atomic E-state index is 12.3.